The van der Waals surface area contributed by atoms with E-state index in [4.69, 9.17) is 0 Å². The summed E-state index contributed by atoms with van der Waals surface area (Å²) in [5.74, 6) is -1.09. The van der Waals surface area contributed by atoms with Crippen LogP contribution in [-0.2, 0) is 16.4 Å². The van der Waals surface area contributed by atoms with Crippen molar-refractivity contribution in [2.75, 3.05) is 11.6 Å². The number of aromatic hydroxyl groups is 1. The normalized spacial score (nSPS) is 11.3. The molecule has 1 aromatic heterocycles. The van der Waals surface area contributed by atoms with E-state index >= 15 is 0 Å². The number of nitrogens with zero attached hydrogens (tertiary/aromatic N) is 1. The Morgan fingerprint density at radius 3 is 2.65 bits per heavy atom. The first-order chi connectivity index (χ1) is 9.38. The first-order valence-electron chi connectivity index (χ1n) is 5.74. The average molecular weight is 296 g/mol. The molecule has 7 heteroatoms. The molecular weight excluding hydrogens is 283 g/mol. The van der Waals surface area contributed by atoms with Crippen LogP contribution in [-0.4, -0.2) is 24.8 Å². The Bertz CT molecular complexity index is 715. The number of anilines is 1. The molecule has 2 aromatic rings. The van der Waals surface area contributed by atoms with Crippen molar-refractivity contribution in [3.63, 3.8) is 0 Å². The second-order valence-corrected chi connectivity index (χ2v) is 6.22. The fourth-order valence-electron chi connectivity index (χ4n) is 1.60. The van der Waals surface area contributed by atoms with Gasteiger partial charge in [-0.3, -0.25) is 0 Å². The molecule has 0 radical (unpaired) electrons. The summed E-state index contributed by atoms with van der Waals surface area (Å²) in [5.41, 5.74) is 0.971. The van der Waals surface area contributed by atoms with E-state index < -0.39 is 21.4 Å². The summed E-state index contributed by atoms with van der Waals surface area (Å²) in [5, 5.41) is 12.4. The number of nitrogens with one attached hydrogen (secondary N) is 1. The number of benzene rings is 1. The lowest BCUT2D eigenvalue weighted by molar-refractivity contribution is 0.427. The molecule has 0 fully saturated rings. The fourth-order valence-corrected chi connectivity index (χ4v) is 2.16. The predicted molar refractivity (Wildman–Crippen MR) is 72.7 cm³/mol. The SMILES string of the molecule is CS(=O)(=O)c1ccc(NCc2cccc(F)c2O)cn1. The molecule has 2 rings (SSSR count). The molecule has 2 N–H and O–H groups in total. The molecule has 0 unspecified atom stereocenters. The van der Waals surface area contributed by atoms with Gasteiger partial charge >= 0.3 is 0 Å². The molecule has 106 valence electrons. The lowest BCUT2D eigenvalue weighted by atomic mass is 10.2. The number of aromatic nitrogens is 1. The third kappa shape index (κ3) is 3.24. The standard InChI is InChI=1S/C13H13FN2O3S/c1-20(18,19)12-6-5-10(8-16-12)15-7-9-3-2-4-11(14)13(9)17/h2-6,8,15,17H,7H2,1H3. The van der Waals surface area contributed by atoms with Gasteiger partial charge in [-0.05, 0) is 18.2 Å². The monoisotopic (exact) mass is 296 g/mol. The molecule has 0 bridgehead atoms. The number of hydrogen-bond acceptors (Lipinski definition) is 5. The van der Waals surface area contributed by atoms with E-state index in [0.29, 0.717) is 11.3 Å². The first-order valence-corrected chi connectivity index (χ1v) is 7.63. The Labute approximate surface area is 116 Å². The van der Waals surface area contributed by atoms with Crippen LogP contribution in [0.3, 0.4) is 0 Å². The molecule has 5 nitrogen and oxygen atoms in total. The van der Waals surface area contributed by atoms with E-state index in [1.54, 1.807) is 12.1 Å². The molecular formula is C13H13FN2O3S. The number of hydrogen-bond donors (Lipinski definition) is 2. The van der Waals surface area contributed by atoms with Crippen LogP contribution in [0.25, 0.3) is 0 Å². The van der Waals surface area contributed by atoms with Crippen molar-refractivity contribution in [1.29, 1.82) is 0 Å². The van der Waals surface area contributed by atoms with Crippen molar-refractivity contribution >= 4 is 15.5 Å². The largest absolute Gasteiger partial charge is 0.505 e. The third-order valence-corrected chi connectivity index (χ3v) is 3.67. The zero-order valence-electron chi connectivity index (χ0n) is 10.7. The second-order valence-electron chi connectivity index (χ2n) is 4.26. The number of rotatable bonds is 4. The number of halogens is 1. The maximum Gasteiger partial charge on any atom is 0.192 e. The lowest BCUT2D eigenvalue weighted by Crippen LogP contribution is -2.03. The molecule has 20 heavy (non-hydrogen) atoms. The minimum Gasteiger partial charge on any atom is -0.505 e. The van der Waals surface area contributed by atoms with Gasteiger partial charge in [-0.25, -0.2) is 17.8 Å². The molecule has 0 saturated carbocycles. The second kappa shape index (κ2) is 5.46. The van der Waals surface area contributed by atoms with Gasteiger partial charge in [0, 0.05) is 18.4 Å². The molecule has 1 heterocycles. The van der Waals surface area contributed by atoms with Crippen molar-refractivity contribution in [1.82, 2.24) is 4.98 Å². The smallest absolute Gasteiger partial charge is 0.192 e. The van der Waals surface area contributed by atoms with E-state index in [1.165, 1.54) is 24.4 Å². The minimum atomic E-state index is -3.33. The van der Waals surface area contributed by atoms with Crippen LogP contribution in [0.4, 0.5) is 10.1 Å². The Morgan fingerprint density at radius 2 is 2.05 bits per heavy atom. The number of para-hydroxylation sites is 1. The van der Waals surface area contributed by atoms with Crippen LogP contribution in [0.15, 0.2) is 41.6 Å². The van der Waals surface area contributed by atoms with Crippen molar-refractivity contribution in [2.45, 2.75) is 11.6 Å². The minimum absolute atomic E-state index is 0.0170. The molecule has 0 amide bonds. The first kappa shape index (κ1) is 14.3. The van der Waals surface area contributed by atoms with Crippen LogP contribution in [0.1, 0.15) is 5.56 Å². The van der Waals surface area contributed by atoms with Crippen LogP contribution in [0.5, 0.6) is 5.75 Å². The number of phenolic OH excluding ortho intramolecular Hbond substituents is 1. The van der Waals surface area contributed by atoms with Gasteiger partial charge in [0.2, 0.25) is 0 Å². The summed E-state index contributed by atoms with van der Waals surface area (Å²) in [6, 6.07) is 7.19. The van der Waals surface area contributed by atoms with Crippen LogP contribution >= 0.6 is 0 Å². The van der Waals surface area contributed by atoms with Gasteiger partial charge in [-0.1, -0.05) is 12.1 Å². The van der Waals surface area contributed by atoms with Crippen LogP contribution < -0.4 is 5.32 Å². The van der Waals surface area contributed by atoms with Crippen LogP contribution in [0.2, 0.25) is 0 Å². The summed E-state index contributed by atoms with van der Waals surface area (Å²) in [6.07, 6.45) is 2.44. The maximum atomic E-state index is 13.1. The maximum absolute atomic E-state index is 13.1. The van der Waals surface area contributed by atoms with Gasteiger partial charge in [0.15, 0.2) is 26.4 Å². The Balaban J connectivity index is 2.10. The topological polar surface area (TPSA) is 79.3 Å². The fraction of sp³-hybridized carbons (Fsp3) is 0.154. The van der Waals surface area contributed by atoms with Gasteiger partial charge in [-0.15, -0.1) is 0 Å². The van der Waals surface area contributed by atoms with E-state index in [9.17, 15) is 17.9 Å². The van der Waals surface area contributed by atoms with Crippen molar-refractivity contribution < 1.29 is 17.9 Å². The number of pyridine rings is 1. The van der Waals surface area contributed by atoms with Gasteiger partial charge in [0.25, 0.3) is 0 Å². The quantitative estimate of drug-likeness (QED) is 0.901. The summed E-state index contributed by atoms with van der Waals surface area (Å²) in [4.78, 5) is 3.82. The van der Waals surface area contributed by atoms with Crippen molar-refractivity contribution in [3.8, 4) is 5.75 Å². The van der Waals surface area contributed by atoms with Crippen LogP contribution in [0, 0.1) is 5.82 Å². The van der Waals surface area contributed by atoms with E-state index in [-0.39, 0.29) is 11.6 Å². The molecule has 0 atom stereocenters. The average Bonchev–Trinajstić information content (AvgIpc) is 2.40. The van der Waals surface area contributed by atoms with Crippen molar-refractivity contribution in [2.24, 2.45) is 0 Å². The Morgan fingerprint density at radius 1 is 1.30 bits per heavy atom. The van der Waals surface area contributed by atoms with E-state index in [1.807, 2.05) is 0 Å². The highest BCUT2D eigenvalue weighted by Gasteiger charge is 2.09. The lowest BCUT2D eigenvalue weighted by Gasteiger charge is -2.08. The zero-order valence-corrected chi connectivity index (χ0v) is 11.5. The molecule has 0 aliphatic rings. The van der Waals surface area contributed by atoms with Gasteiger partial charge in [-0.2, -0.15) is 0 Å². The number of phenols is 1. The molecule has 0 saturated heterocycles. The highest BCUT2D eigenvalue weighted by molar-refractivity contribution is 7.90. The molecule has 0 aliphatic heterocycles. The Hall–Kier alpha value is -2.15. The zero-order chi connectivity index (χ0) is 14.8. The predicted octanol–water partition coefficient (Wildman–Crippen LogP) is 1.94. The summed E-state index contributed by atoms with van der Waals surface area (Å²) in [6.45, 7) is 0.198. The molecule has 0 aliphatic carbocycles. The van der Waals surface area contributed by atoms with E-state index in [0.717, 1.165) is 6.26 Å². The van der Waals surface area contributed by atoms with Gasteiger partial charge < -0.3 is 10.4 Å². The highest BCUT2D eigenvalue weighted by atomic mass is 32.2. The van der Waals surface area contributed by atoms with E-state index in [2.05, 4.69) is 10.3 Å². The van der Waals surface area contributed by atoms with Gasteiger partial charge in [0.05, 0.1) is 11.9 Å². The summed E-state index contributed by atoms with van der Waals surface area (Å²) < 4.78 is 35.6. The Kier molecular flexibility index (Phi) is 3.89. The molecule has 0 spiro atoms. The third-order valence-electron chi connectivity index (χ3n) is 2.67. The molecule has 1 aromatic carbocycles. The van der Waals surface area contributed by atoms with Gasteiger partial charge in [0.1, 0.15) is 0 Å². The van der Waals surface area contributed by atoms with Crippen molar-refractivity contribution in [3.05, 3.63) is 47.9 Å². The number of sulfone groups is 1. The summed E-state index contributed by atoms with van der Waals surface area (Å²) >= 11 is 0. The highest BCUT2D eigenvalue weighted by Crippen LogP contribution is 2.21. The summed E-state index contributed by atoms with van der Waals surface area (Å²) in [7, 11) is -3.33.